The van der Waals surface area contributed by atoms with Crippen molar-refractivity contribution in [2.75, 3.05) is 0 Å². The summed E-state index contributed by atoms with van der Waals surface area (Å²) in [5.41, 5.74) is 1.12. The van der Waals surface area contributed by atoms with Crippen LogP contribution < -0.4 is 11.1 Å². The highest BCUT2D eigenvalue weighted by molar-refractivity contribution is 7.07. The molecule has 1 heterocycles. The van der Waals surface area contributed by atoms with Gasteiger partial charge in [-0.1, -0.05) is 12.4 Å². The predicted octanol–water partition coefficient (Wildman–Crippen LogP) is -0.707. The fourth-order valence-corrected chi connectivity index (χ4v) is 1.24. The molecule has 0 bridgehead atoms. The van der Waals surface area contributed by atoms with Crippen LogP contribution in [0.2, 0.25) is 0 Å². The molecule has 4 heteroatoms. The number of aryl methyl sites for hydroxylation is 1. The first-order valence-corrected chi connectivity index (χ1v) is 3.52. The molecule has 0 aliphatic heterocycles. The minimum absolute atomic E-state index is 0.469. The Balaban J connectivity index is 3.04. The Kier molecular flexibility index (Phi) is 1.96. The van der Waals surface area contributed by atoms with E-state index in [2.05, 4.69) is 4.37 Å². The number of rotatable bonds is 1. The first kappa shape index (κ1) is 6.87. The molecule has 0 spiro atoms. The molecular weight excluding hydrogens is 128 g/mol. The van der Waals surface area contributed by atoms with Crippen molar-refractivity contribution in [1.29, 1.82) is 0 Å². The zero-order valence-corrected chi connectivity index (χ0v) is 6.03. The van der Waals surface area contributed by atoms with Crippen molar-refractivity contribution in [2.24, 2.45) is 0 Å². The first-order chi connectivity index (χ1) is 4.25. The van der Waals surface area contributed by atoms with Gasteiger partial charge < -0.3 is 0 Å². The number of nitrogens with zero attached hydrogens (tertiary/aromatic N) is 1. The summed E-state index contributed by atoms with van der Waals surface area (Å²) < 4.78 is 3.88. The summed E-state index contributed by atoms with van der Waals surface area (Å²) in [7, 11) is 10.9. The normalized spacial score (nSPS) is 9.89. The van der Waals surface area contributed by atoms with Crippen LogP contribution in [0.4, 0.5) is 0 Å². The Morgan fingerprint density at radius 1 is 1.56 bits per heavy atom. The minimum atomic E-state index is 0.469. The van der Waals surface area contributed by atoms with Crippen molar-refractivity contribution in [3.63, 3.8) is 0 Å². The van der Waals surface area contributed by atoms with Gasteiger partial charge in [0, 0.05) is 4.88 Å². The van der Waals surface area contributed by atoms with Crippen molar-refractivity contribution >= 4 is 38.3 Å². The Bertz CT molecular complexity index is 209. The van der Waals surface area contributed by atoms with Gasteiger partial charge in [-0.3, -0.25) is 0 Å². The van der Waals surface area contributed by atoms with Crippen LogP contribution in [0.25, 0.3) is 0 Å². The van der Waals surface area contributed by atoms with E-state index in [9.17, 15) is 0 Å². The van der Waals surface area contributed by atoms with Gasteiger partial charge in [0.25, 0.3) is 0 Å². The molecule has 0 unspecified atom stereocenters. The lowest BCUT2D eigenvalue weighted by molar-refractivity contribution is 1.20. The van der Waals surface area contributed by atoms with E-state index < -0.39 is 0 Å². The van der Waals surface area contributed by atoms with Crippen molar-refractivity contribution in [2.45, 2.75) is 13.3 Å². The fourth-order valence-electron chi connectivity index (χ4n) is 0.600. The summed E-state index contributed by atoms with van der Waals surface area (Å²) in [5, 5.41) is 0. The maximum Gasteiger partial charge on any atom is 0.142 e. The molecular formula is C5H5B2NS. The Hall–Kier alpha value is -0.240. The molecule has 1 aromatic rings. The van der Waals surface area contributed by atoms with Gasteiger partial charge >= 0.3 is 0 Å². The molecule has 42 valence electrons. The van der Waals surface area contributed by atoms with Gasteiger partial charge in [-0.2, -0.15) is 0 Å². The van der Waals surface area contributed by atoms with Crippen LogP contribution >= 0.6 is 11.5 Å². The molecule has 0 amide bonds. The van der Waals surface area contributed by atoms with Gasteiger partial charge in [-0.05, 0) is 23.5 Å². The summed E-state index contributed by atoms with van der Waals surface area (Å²) in [4.78, 5) is 1.08. The predicted molar refractivity (Wildman–Crippen MR) is 42.3 cm³/mol. The molecule has 1 rings (SSSR count). The molecule has 0 atom stereocenters. The zero-order chi connectivity index (χ0) is 6.85. The van der Waals surface area contributed by atoms with E-state index in [0.717, 1.165) is 11.3 Å². The third-order valence-electron chi connectivity index (χ3n) is 1.15. The van der Waals surface area contributed by atoms with E-state index in [1.165, 1.54) is 11.5 Å². The summed E-state index contributed by atoms with van der Waals surface area (Å²) in [6.07, 6.45) is 0.917. The summed E-state index contributed by atoms with van der Waals surface area (Å²) in [5.74, 6) is 0. The number of hydrogen-bond acceptors (Lipinski definition) is 2. The van der Waals surface area contributed by atoms with E-state index in [1.807, 2.05) is 6.92 Å². The lowest BCUT2D eigenvalue weighted by Crippen LogP contribution is -2.25. The third kappa shape index (κ3) is 1.18. The molecule has 0 aliphatic carbocycles. The van der Waals surface area contributed by atoms with E-state index in [1.54, 1.807) is 0 Å². The van der Waals surface area contributed by atoms with Crippen LogP contribution in [0.5, 0.6) is 0 Å². The maximum absolute atomic E-state index is 5.54. The molecule has 4 radical (unpaired) electrons. The average Bonchev–Trinajstić information content (AvgIpc) is 2.15. The van der Waals surface area contributed by atoms with E-state index in [-0.39, 0.29) is 0 Å². The van der Waals surface area contributed by atoms with E-state index in [4.69, 9.17) is 15.7 Å². The highest BCUT2D eigenvalue weighted by atomic mass is 32.1. The van der Waals surface area contributed by atoms with Crippen molar-refractivity contribution < 1.29 is 0 Å². The van der Waals surface area contributed by atoms with E-state index >= 15 is 0 Å². The van der Waals surface area contributed by atoms with Gasteiger partial charge in [0.2, 0.25) is 0 Å². The summed E-state index contributed by atoms with van der Waals surface area (Å²) in [6.45, 7) is 2.03. The van der Waals surface area contributed by atoms with Gasteiger partial charge in [0.1, 0.15) is 15.7 Å². The van der Waals surface area contributed by atoms with Crippen LogP contribution in [0.15, 0.2) is 0 Å². The molecule has 0 N–H and O–H groups in total. The molecule has 0 aliphatic rings. The second-order valence-electron chi connectivity index (χ2n) is 1.76. The largest absolute Gasteiger partial charge is 0.210 e. The average molecular weight is 133 g/mol. The van der Waals surface area contributed by atoms with Crippen molar-refractivity contribution in [3.05, 3.63) is 4.88 Å². The Morgan fingerprint density at radius 3 is 2.44 bits per heavy atom. The fraction of sp³-hybridized carbons (Fsp3) is 0.400. The monoisotopic (exact) mass is 133 g/mol. The van der Waals surface area contributed by atoms with Gasteiger partial charge in [-0.25, -0.2) is 4.37 Å². The van der Waals surface area contributed by atoms with Crippen LogP contribution in [-0.4, -0.2) is 20.1 Å². The lowest BCUT2D eigenvalue weighted by atomic mass is 9.85. The second kappa shape index (κ2) is 2.56. The maximum atomic E-state index is 5.54. The standard InChI is InChI=1S/C5H5B2NS/c1-2-3-4(6)5(7)8-9-3/h2H2,1H3. The van der Waals surface area contributed by atoms with Crippen molar-refractivity contribution in [1.82, 2.24) is 4.37 Å². The molecule has 1 aromatic heterocycles. The lowest BCUT2D eigenvalue weighted by Gasteiger charge is -1.89. The number of hydrogen-bond donors (Lipinski definition) is 0. The zero-order valence-electron chi connectivity index (χ0n) is 5.22. The highest BCUT2D eigenvalue weighted by Gasteiger charge is 2.00. The van der Waals surface area contributed by atoms with Gasteiger partial charge in [-0.15, -0.1) is 0 Å². The molecule has 0 aromatic carbocycles. The quantitative estimate of drug-likeness (QED) is 0.461. The summed E-state index contributed by atoms with van der Waals surface area (Å²) >= 11 is 1.38. The van der Waals surface area contributed by atoms with Crippen LogP contribution in [-0.2, 0) is 6.42 Å². The van der Waals surface area contributed by atoms with Crippen LogP contribution in [0.3, 0.4) is 0 Å². The topological polar surface area (TPSA) is 12.9 Å². The smallest absolute Gasteiger partial charge is 0.142 e. The number of aromatic nitrogens is 1. The third-order valence-corrected chi connectivity index (χ3v) is 2.17. The Labute approximate surface area is 61.5 Å². The molecule has 0 saturated carbocycles. The SMILES string of the molecule is [B]c1nsc(CC)c1[B]. The molecule has 0 fully saturated rings. The van der Waals surface area contributed by atoms with Crippen LogP contribution in [0, 0.1) is 0 Å². The van der Waals surface area contributed by atoms with Gasteiger partial charge in [0.05, 0.1) is 0 Å². The van der Waals surface area contributed by atoms with Crippen LogP contribution in [0.1, 0.15) is 11.8 Å². The Morgan fingerprint density at radius 2 is 2.22 bits per heavy atom. The minimum Gasteiger partial charge on any atom is -0.210 e. The highest BCUT2D eigenvalue weighted by Crippen LogP contribution is 1.98. The van der Waals surface area contributed by atoms with Gasteiger partial charge in [0.15, 0.2) is 0 Å². The van der Waals surface area contributed by atoms with Crippen molar-refractivity contribution in [3.8, 4) is 0 Å². The van der Waals surface area contributed by atoms with E-state index in [0.29, 0.717) is 11.1 Å². The molecule has 0 saturated heterocycles. The second-order valence-corrected chi connectivity index (χ2v) is 2.62. The summed E-state index contributed by atoms with van der Waals surface area (Å²) in [6, 6.07) is 0. The first-order valence-electron chi connectivity index (χ1n) is 2.75. The molecule has 1 nitrogen and oxygen atoms in total. The molecule has 9 heavy (non-hydrogen) atoms.